The van der Waals surface area contributed by atoms with Gasteiger partial charge in [0.25, 0.3) is 0 Å². The average molecular weight is 313 g/mol. The second-order valence-electron chi connectivity index (χ2n) is 8.17. The normalized spacial score (nSPS) is 31.3. The first-order valence-electron chi connectivity index (χ1n) is 9.76. The molecule has 1 aromatic rings. The van der Waals surface area contributed by atoms with Gasteiger partial charge in [-0.3, -0.25) is 0 Å². The van der Waals surface area contributed by atoms with Gasteiger partial charge in [-0.2, -0.15) is 0 Å². The summed E-state index contributed by atoms with van der Waals surface area (Å²) in [6.07, 6.45) is 9.95. The van der Waals surface area contributed by atoms with Crippen LogP contribution in [-0.2, 0) is 4.74 Å². The molecule has 0 bridgehead atoms. The van der Waals surface area contributed by atoms with E-state index in [2.05, 4.69) is 37.4 Å². The molecule has 3 aliphatic rings. The van der Waals surface area contributed by atoms with Crippen molar-refractivity contribution in [3.8, 4) is 0 Å². The summed E-state index contributed by atoms with van der Waals surface area (Å²) in [5.41, 5.74) is 4.20. The summed E-state index contributed by atoms with van der Waals surface area (Å²) in [5.74, 6) is 2.09. The van der Waals surface area contributed by atoms with Crippen molar-refractivity contribution in [2.75, 3.05) is 11.9 Å². The van der Waals surface area contributed by atoms with E-state index in [4.69, 9.17) is 4.74 Å². The van der Waals surface area contributed by atoms with Gasteiger partial charge in [0, 0.05) is 29.8 Å². The third-order valence-corrected chi connectivity index (χ3v) is 6.36. The molecule has 1 aliphatic carbocycles. The summed E-state index contributed by atoms with van der Waals surface area (Å²) in [7, 11) is 0. The maximum atomic E-state index is 6.32. The van der Waals surface area contributed by atoms with Gasteiger partial charge in [-0.15, -0.1) is 0 Å². The van der Waals surface area contributed by atoms with Crippen molar-refractivity contribution < 1.29 is 4.74 Å². The Labute approximate surface area is 141 Å². The molecule has 2 aliphatic heterocycles. The average Bonchev–Trinajstić information content (AvgIpc) is 2.61. The molecule has 0 radical (unpaired) electrons. The van der Waals surface area contributed by atoms with Crippen LogP contribution < -0.4 is 5.32 Å². The quantitative estimate of drug-likeness (QED) is 0.761. The Balaban J connectivity index is 1.67. The Morgan fingerprint density at radius 3 is 2.65 bits per heavy atom. The zero-order valence-electron chi connectivity index (χ0n) is 14.7. The molecular formula is C21H31NO. The van der Waals surface area contributed by atoms with Crippen molar-refractivity contribution in [2.45, 2.75) is 76.9 Å². The van der Waals surface area contributed by atoms with E-state index in [0.29, 0.717) is 24.0 Å². The summed E-state index contributed by atoms with van der Waals surface area (Å²) in [6, 6.07) is 7.65. The first kappa shape index (κ1) is 15.5. The minimum Gasteiger partial charge on any atom is -0.381 e. The molecule has 4 rings (SSSR count). The highest BCUT2D eigenvalue weighted by Gasteiger charge is 2.42. The number of anilines is 1. The first-order chi connectivity index (χ1) is 11.2. The minimum absolute atomic E-state index is 0.325. The number of ether oxygens (including phenoxy) is 1. The van der Waals surface area contributed by atoms with Crippen LogP contribution in [0.3, 0.4) is 0 Å². The number of benzene rings is 1. The molecule has 0 unspecified atom stereocenters. The maximum Gasteiger partial charge on any atom is 0.0892 e. The third kappa shape index (κ3) is 2.91. The zero-order valence-corrected chi connectivity index (χ0v) is 14.7. The number of hydrogen-bond acceptors (Lipinski definition) is 2. The number of nitrogens with one attached hydrogen (secondary N) is 1. The molecular weight excluding hydrogens is 282 g/mol. The lowest BCUT2D eigenvalue weighted by Crippen LogP contribution is -2.46. The Kier molecular flexibility index (Phi) is 4.36. The van der Waals surface area contributed by atoms with Gasteiger partial charge >= 0.3 is 0 Å². The first-order valence-corrected chi connectivity index (χ1v) is 9.76. The molecule has 1 N–H and O–H groups in total. The topological polar surface area (TPSA) is 21.3 Å². The van der Waals surface area contributed by atoms with E-state index >= 15 is 0 Å². The summed E-state index contributed by atoms with van der Waals surface area (Å²) >= 11 is 0. The van der Waals surface area contributed by atoms with Gasteiger partial charge in [0.05, 0.1) is 6.10 Å². The van der Waals surface area contributed by atoms with E-state index in [9.17, 15) is 0 Å². The van der Waals surface area contributed by atoms with Crippen LogP contribution in [0.2, 0.25) is 0 Å². The maximum absolute atomic E-state index is 6.32. The van der Waals surface area contributed by atoms with E-state index < -0.39 is 0 Å². The second kappa shape index (κ2) is 6.47. The van der Waals surface area contributed by atoms with Crippen molar-refractivity contribution in [3.63, 3.8) is 0 Å². The minimum atomic E-state index is 0.325. The fourth-order valence-corrected chi connectivity index (χ4v) is 5.05. The van der Waals surface area contributed by atoms with E-state index in [-0.39, 0.29) is 0 Å². The predicted molar refractivity (Wildman–Crippen MR) is 95.9 cm³/mol. The summed E-state index contributed by atoms with van der Waals surface area (Å²) < 4.78 is 6.32. The van der Waals surface area contributed by atoms with Crippen molar-refractivity contribution in [3.05, 3.63) is 29.3 Å². The predicted octanol–water partition coefficient (Wildman–Crippen LogP) is 5.65. The van der Waals surface area contributed by atoms with E-state index in [1.807, 2.05) is 0 Å². The molecule has 0 spiro atoms. The Morgan fingerprint density at radius 2 is 1.87 bits per heavy atom. The fraction of sp³-hybridized carbons (Fsp3) is 0.714. The third-order valence-electron chi connectivity index (χ3n) is 6.36. The standard InChI is InChI=1S/C21H31NO/c1-14(2)16-10-11-19-18(13-16)21-17(9-6-12-23-21)20(22-19)15-7-4-3-5-8-15/h10-11,13-15,17,20-22H,3-9,12H2,1-2H3/t17-,20+,21-/m0/s1. The van der Waals surface area contributed by atoms with Crippen molar-refractivity contribution in [1.82, 2.24) is 0 Å². The lowest BCUT2D eigenvalue weighted by Gasteiger charge is -2.47. The summed E-state index contributed by atoms with van der Waals surface area (Å²) in [6.45, 7) is 5.49. The lowest BCUT2D eigenvalue weighted by molar-refractivity contribution is -0.0458. The number of fused-ring (bicyclic) bond motifs is 3. The van der Waals surface area contributed by atoms with Gasteiger partial charge in [0.2, 0.25) is 0 Å². The molecule has 126 valence electrons. The molecule has 23 heavy (non-hydrogen) atoms. The highest BCUT2D eigenvalue weighted by Crippen LogP contribution is 2.48. The SMILES string of the molecule is CC(C)c1ccc2c(c1)[C@H]1OCCC[C@H]1[C@@H](C1CCCCC1)N2. The van der Waals surface area contributed by atoms with Crippen LogP contribution in [-0.4, -0.2) is 12.6 Å². The molecule has 3 atom stereocenters. The van der Waals surface area contributed by atoms with E-state index in [0.717, 1.165) is 12.5 Å². The Hall–Kier alpha value is -1.02. The smallest absolute Gasteiger partial charge is 0.0892 e. The van der Waals surface area contributed by atoms with Gasteiger partial charge < -0.3 is 10.1 Å². The van der Waals surface area contributed by atoms with Gasteiger partial charge in [0.15, 0.2) is 0 Å². The highest BCUT2D eigenvalue weighted by molar-refractivity contribution is 5.57. The van der Waals surface area contributed by atoms with Gasteiger partial charge in [0.1, 0.15) is 0 Å². The molecule has 0 amide bonds. The number of rotatable bonds is 2. The molecule has 1 aromatic carbocycles. The Bertz CT molecular complexity index is 547. The largest absolute Gasteiger partial charge is 0.381 e. The van der Waals surface area contributed by atoms with Crippen LogP contribution in [0.25, 0.3) is 0 Å². The van der Waals surface area contributed by atoms with Crippen molar-refractivity contribution in [2.24, 2.45) is 11.8 Å². The molecule has 2 heterocycles. The van der Waals surface area contributed by atoms with Gasteiger partial charge in [-0.1, -0.05) is 45.2 Å². The van der Waals surface area contributed by atoms with Crippen LogP contribution in [0, 0.1) is 11.8 Å². The molecule has 0 aromatic heterocycles. The molecule has 1 saturated carbocycles. The van der Waals surface area contributed by atoms with Gasteiger partial charge in [-0.05, 0) is 49.1 Å². The van der Waals surface area contributed by atoms with E-state index in [1.54, 1.807) is 0 Å². The van der Waals surface area contributed by atoms with Crippen molar-refractivity contribution >= 4 is 5.69 Å². The van der Waals surface area contributed by atoms with Crippen LogP contribution in [0.5, 0.6) is 0 Å². The second-order valence-corrected chi connectivity index (χ2v) is 8.17. The molecule has 2 heteroatoms. The molecule has 1 saturated heterocycles. The monoisotopic (exact) mass is 313 g/mol. The Morgan fingerprint density at radius 1 is 1.04 bits per heavy atom. The van der Waals surface area contributed by atoms with E-state index in [1.165, 1.54) is 61.8 Å². The van der Waals surface area contributed by atoms with Crippen LogP contribution >= 0.6 is 0 Å². The highest BCUT2D eigenvalue weighted by atomic mass is 16.5. The van der Waals surface area contributed by atoms with Crippen molar-refractivity contribution in [1.29, 1.82) is 0 Å². The number of hydrogen-bond donors (Lipinski definition) is 1. The fourth-order valence-electron chi connectivity index (χ4n) is 5.05. The lowest BCUT2D eigenvalue weighted by atomic mass is 9.71. The van der Waals surface area contributed by atoms with Crippen LogP contribution in [0.15, 0.2) is 18.2 Å². The van der Waals surface area contributed by atoms with Crippen LogP contribution in [0.4, 0.5) is 5.69 Å². The van der Waals surface area contributed by atoms with Crippen LogP contribution in [0.1, 0.15) is 81.9 Å². The van der Waals surface area contributed by atoms with Gasteiger partial charge in [-0.25, -0.2) is 0 Å². The zero-order chi connectivity index (χ0) is 15.8. The summed E-state index contributed by atoms with van der Waals surface area (Å²) in [5, 5.41) is 3.95. The molecule has 2 fully saturated rings. The summed E-state index contributed by atoms with van der Waals surface area (Å²) in [4.78, 5) is 0. The molecule has 2 nitrogen and oxygen atoms in total.